The minimum Gasteiger partial charge on any atom is -0.351 e. The molecule has 0 aromatic heterocycles. The molecule has 0 heterocycles. The van der Waals surface area contributed by atoms with Gasteiger partial charge in [0.2, 0.25) is 0 Å². The zero-order valence-electron chi connectivity index (χ0n) is 11.4. The minimum atomic E-state index is -0.0640. The van der Waals surface area contributed by atoms with Crippen molar-refractivity contribution in [2.75, 3.05) is 26.2 Å². The highest BCUT2D eigenvalue weighted by Gasteiger charge is 2.08. The van der Waals surface area contributed by atoms with Gasteiger partial charge in [0, 0.05) is 22.2 Å². The predicted octanol–water partition coefficient (Wildman–Crippen LogP) is 3.41. The number of rotatable bonds is 7. The lowest BCUT2D eigenvalue weighted by Gasteiger charge is -2.19. The van der Waals surface area contributed by atoms with Gasteiger partial charge in [0.05, 0.1) is 5.02 Å². The maximum absolute atomic E-state index is 11.9. The van der Waals surface area contributed by atoms with Crippen molar-refractivity contribution in [1.82, 2.24) is 10.2 Å². The average molecular weight is 395 g/mol. The summed E-state index contributed by atoms with van der Waals surface area (Å²) >= 11 is 8.16. The molecular formula is C14H20ClIN2O. The normalized spacial score (nSPS) is 10.8. The van der Waals surface area contributed by atoms with Crippen LogP contribution in [0, 0.1) is 3.57 Å². The molecule has 1 rings (SSSR count). The average Bonchev–Trinajstić information content (AvgIpc) is 2.40. The Morgan fingerprint density at radius 2 is 2.11 bits per heavy atom. The summed E-state index contributed by atoms with van der Waals surface area (Å²) in [7, 11) is 0. The Morgan fingerprint density at radius 3 is 2.68 bits per heavy atom. The number of benzene rings is 1. The van der Waals surface area contributed by atoms with E-state index in [1.54, 1.807) is 12.1 Å². The van der Waals surface area contributed by atoms with Crippen molar-refractivity contribution >= 4 is 40.1 Å². The van der Waals surface area contributed by atoms with E-state index < -0.39 is 0 Å². The molecule has 5 heteroatoms. The summed E-state index contributed by atoms with van der Waals surface area (Å²) in [6.07, 6.45) is 1.13. The minimum absolute atomic E-state index is 0.0640. The fraction of sp³-hybridized carbons (Fsp3) is 0.500. The van der Waals surface area contributed by atoms with Gasteiger partial charge >= 0.3 is 0 Å². The lowest BCUT2D eigenvalue weighted by molar-refractivity contribution is 0.0948. The second-order valence-corrected chi connectivity index (χ2v) is 5.89. The van der Waals surface area contributed by atoms with Crippen molar-refractivity contribution in [3.8, 4) is 0 Å². The summed E-state index contributed by atoms with van der Waals surface area (Å²) in [6.45, 7) is 7.93. The van der Waals surface area contributed by atoms with Gasteiger partial charge in [0.1, 0.15) is 0 Å². The van der Waals surface area contributed by atoms with Crippen LogP contribution in [0.5, 0.6) is 0 Å². The van der Waals surface area contributed by atoms with Crippen LogP contribution in [0.3, 0.4) is 0 Å². The summed E-state index contributed by atoms with van der Waals surface area (Å²) in [6, 6.07) is 5.36. The van der Waals surface area contributed by atoms with E-state index in [4.69, 9.17) is 11.6 Å². The Bertz CT molecular complexity index is 426. The lowest BCUT2D eigenvalue weighted by atomic mass is 10.2. The van der Waals surface area contributed by atoms with Crippen LogP contribution in [0.1, 0.15) is 30.6 Å². The third-order valence-electron chi connectivity index (χ3n) is 2.88. The first-order valence-corrected chi connectivity index (χ1v) is 7.99. The number of carbonyl (C=O) groups excluding carboxylic acids is 1. The van der Waals surface area contributed by atoms with Gasteiger partial charge in [0.15, 0.2) is 0 Å². The number of hydrogen-bond acceptors (Lipinski definition) is 2. The Balaban J connectivity index is 2.44. The number of carbonyl (C=O) groups is 1. The van der Waals surface area contributed by atoms with Gasteiger partial charge in [-0.1, -0.05) is 25.4 Å². The third kappa shape index (κ3) is 5.67. The molecule has 0 spiro atoms. The lowest BCUT2D eigenvalue weighted by Crippen LogP contribution is -2.35. The third-order valence-corrected chi connectivity index (χ3v) is 4.45. The van der Waals surface area contributed by atoms with Crippen LogP contribution in [0.2, 0.25) is 5.02 Å². The molecule has 106 valence electrons. The topological polar surface area (TPSA) is 32.3 Å². The summed E-state index contributed by atoms with van der Waals surface area (Å²) in [4.78, 5) is 14.3. The molecule has 19 heavy (non-hydrogen) atoms. The summed E-state index contributed by atoms with van der Waals surface area (Å²) in [5.74, 6) is -0.0640. The molecule has 0 aliphatic carbocycles. The molecule has 1 aromatic rings. The zero-order valence-corrected chi connectivity index (χ0v) is 14.3. The monoisotopic (exact) mass is 394 g/mol. The van der Waals surface area contributed by atoms with E-state index in [1.165, 1.54) is 0 Å². The highest BCUT2D eigenvalue weighted by molar-refractivity contribution is 14.1. The van der Waals surface area contributed by atoms with E-state index in [-0.39, 0.29) is 5.91 Å². The standard InChI is InChI=1S/C14H20ClIN2O/c1-3-8-18(4-2)9-7-17-14(19)11-5-6-13(16)12(15)10-11/h5-6,10H,3-4,7-9H2,1-2H3,(H,17,19). The molecule has 0 saturated heterocycles. The Labute approximate surface area is 133 Å². The highest BCUT2D eigenvalue weighted by atomic mass is 127. The van der Waals surface area contributed by atoms with Gasteiger partial charge < -0.3 is 10.2 Å². The molecule has 0 fully saturated rings. The van der Waals surface area contributed by atoms with Crippen molar-refractivity contribution in [3.05, 3.63) is 32.4 Å². The molecule has 0 bridgehead atoms. The van der Waals surface area contributed by atoms with Crippen molar-refractivity contribution in [3.63, 3.8) is 0 Å². The van der Waals surface area contributed by atoms with Gasteiger partial charge in [-0.15, -0.1) is 0 Å². The number of halogens is 2. The number of likely N-dealkylation sites (N-methyl/N-ethyl adjacent to an activating group) is 1. The Hall–Kier alpha value is -0.330. The van der Waals surface area contributed by atoms with E-state index in [2.05, 4.69) is 46.7 Å². The molecule has 1 N–H and O–H groups in total. The molecule has 0 radical (unpaired) electrons. The molecule has 1 amide bonds. The molecule has 3 nitrogen and oxygen atoms in total. The van der Waals surface area contributed by atoms with Gasteiger partial charge in [-0.3, -0.25) is 4.79 Å². The van der Waals surface area contributed by atoms with Crippen LogP contribution in [-0.2, 0) is 0 Å². The van der Waals surface area contributed by atoms with E-state index >= 15 is 0 Å². The van der Waals surface area contributed by atoms with E-state index in [9.17, 15) is 4.79 Å². The first-order valence-electron chi connectivity index (χ1n) is 6.54. The number of hydrogen-bond donors (Lipinski definition) is 1. The van der Waals surface area contributed by atoms with Crippen LogP contribution in [0.15, 0.2) is 18.2 Å². The summed E-state index contributed by atoms with van der Waals surface area (Å²) in [5.41, 5.74) is 0.615. The predicted molar refractivity (Wildman–Crippen MR) is 88.9 cm³/mol. The van der Waals surface area contributed by atoms with Crippen molar-refractivity contribution in [1.29, 1.82) is 0 Å². The summed E-state index contributed by atoms with van der Waals surface area (Å²) in [5, 5.41) is 3.55. The highest BCUT2D eigenvalue weighted by Crippen LogP contribution is 2.19. The smallest absolute Gasteiger partial charge is 0.251 e. The van der Waals surface area contributed by atoms with E-state index in [0.29, 0.717) is 17.1 Å². The molecule has 0 atom stereocenters. The molecular weight excluding hydrogens is 375 g/mol. The maximum atomic E-state index is 11.9. The molecule has 0 saturated carbocycles. The van der Waals surface area contributed by atoms with Gasteiger partial charge in [-0.25, -0.2) is 0 Å². The fourth-order valence-electron chi connectivity index (χ4n) is 1.81. The van der Waals surface area contributed by atoms with Gasteiger partial charge in [-0.05, 0) is 60.3 Å². The molecule has 0 aliphatic heterocycles. The maximum Gasteiger partial charge on any atom is 0.251 e. The number of nitrogens with zero attached hydrogens (tertiary/aromatic N) is 1. The van der Waals surface area contributed by atoms with Crippen LogP contribution < -0.4 is 5.32 Å². The van der Waals surface area contributed by atoms with E-state index in [0.717, 1.165) is 29.6 Å². The van der Waals surface area contributed by atoms with Gasteiger partial charge in [-0.2, -0.15) is 0 Å². The quantitative estimate of drug-likeness (QED) is 0.719. The Kier molecular flexibility index (Phi) is 7.71. The molecule has 0 aliphatic rings. The number of amides is 1. The molecule has 0 unspecified atom stereocenters. The zero-order chi connectivity index (χ0) is 14.3. The van der Waals surface area contributed by atoms with Crippen molar-refractivity contribution in [2.24, 2.45) is 0 Å². The summed E-state index contributed by atoms with van der Waals surface area (Å²) < 4.78 is 0.955. The first-order chi connectivity index (χ1) is 9.08. The van der Waals surface area contributed by atoms with Gasteiger partial charge in [0.25, 0.3) is 5.91 Å². The second-order valence-electron chi connectivity index (χ2n) is 4.32. The number of nitrogens with one attached hydrogen (secondary N) is 1. The fourth-order valence-corrected chi connectivity index (χ4v) is 2.33. The van der Waals surface area contributed by atoms with Crippen LogP contribution in [0.25, 0.3) is 0 Å². The van der Waals surface area contributed by atoms with Crippen molar-refractivity contribution < 1.29 is 4.79 Å². The molecule has 1 aromatic carbocycles. The van der Waals surface area contributed by atoms with Crippen LogP contribution >= 0.6 is 34.2 Å². The Morgan fingerprint density at radius 1 is 1.37 bits per heavy atom. The van der Waals surface area contributed by atoms with Crippen LogP contribution in [-0.4, -0.2) is 37.0 Å². The van der Waals surface area contributed by atoms with E-state index in [1.807, 2.05) is 6.07 Å². The second kappa shape index (κ2) is 8.76. The van der Waals surface area contributed by atoms with Crippen LogP contribution in [0.4, 0.5) is 0 Å². The first kappa shape index (κ1) is 16.7. The van der Waals surface area contributed by atoms with Crippen molar-refractivity contribution in [2.45, 2.75) is 20.3 Å². The largest absolute Gasteiger partial charge is 0.351 e. The SMILES string of the molecule is CCCN(CC)CCNC(=O)c1ccc(I)c(Cl)c1.